The molecule has 60 valence electrons. The smallest absolute Gasteiger partial charge is 0.0781 e. The Bertz CT molecular complexity index is 65.4. The zero-order valence-electron chi connectivity index (χ0n) is 6.34. The first-order valence-corrected chi connectivity index (χ1v) is 3.66. The molecule has 0 bridgehead atoms. The van der Waals surface area contributed by atoms with E-state index >= 15 is 0 Å². The fourth-order valence-corrected chi connectivity index (χ4v) is 0.536. The summed E-state index contributed by atoms with van der Waals surface area (Å²) in [6.45, 7) is 6.15. The molecule has 3 nitrogen and oxygen atoms in total. The quantitative estimate of drug-likeness (QED) is 0.464. The van der Waals surface area contributed by atoms with Gasteiger partial charge in [-0.05, 0) is 6.92 Å². The molecule has 0 aliphatic carbocycles. The molecule has 2 saturated heterocycles. The van der Waals surface area contributed by atoms with Crippen LogP contribution in [0, 0.1) is 0 Å². The molecular weight excluding hydrogens is 132 g/mol. The van der Waals surface area contributed by atoms with Gasteiger partial charge in [0.05, 0.1) is 39.1 Å². The van der Waals surface area contributed by atoms with Crippen LogP contribution in [0.4, 0.5) is 0 Å². The van der Waals surface area contributed by atoms with Crippen molar-refractivity contribution in [1.29, 1.82) is 0 Å². The van der Waals surface area contributed by atoms with E-state index in [9.17, 15) is 0 Å². The summed E-state index contributed by atoms with van der Waals surface area (Å²) in [5.41, 5.74) is 0. The lowest BCUT2D eigenvalue weighted by atomic mass is 10.6. The first kappa shape index (κ1) is 7.98. The fourth-order valence-electron chi connectivity index (χ4n) is 0.536. The molecule has 2 fully saturated rings. The zero-order valence-corrected chi connectivity index (χ0v) is 6.34. The lowest BCUT2D eigenvalue weighted by Gasteiger charge is -2.09. The van der Waals surface area contributed by atoms with E-state index in [1.165, 1.54) is 0 Å². The lowest BCUT2D eigenvalue weighted by Crippen LogP contribution is -2.16. The van der Waals surface area contributed by atoms with Crippen molar-refractivity contribution in [2.45, 2.75) is 13.0 Å². The third kappa shape index (κ3) is 4.73. The predicted octanol–water partition coefficient (Wildman–Crippen LogP) is 0.438. The Balaban J connectivity index is 0.000000108. The van der Waals surface area contributed by atoms with Gasteiger partial charge in [-0.3, -0.25) is 0 Å². The Morgan fingerprint density at radius 1 is 1.00 bits per heavy atom. The van der Waals surface area contributed by atoms with Crippen LogP contribution in [0.1, 0.15) is 6.92 Å². The van der Waals surface area contributed by atoms with Crippen LogP contribution in [0.5, 0.6) is 0 Å². The molecule has 0 radical (unpaired) electrons. The van der Waals surface area contributed by atoms with Gasteiger partial charge in [0.15, 0.2) is 0 Å². The van der Waals surface area contributed by atoms with E-state index in [0.29, 0.717) is 6.10 Å². The SMILES string of the molecule is C1COCCO1.CC1CO1. The zero-order chi connectivity index (χ0) is 7.23. The van der Waals surface area contributed by atoms with Gasteiger partial charge in [-0.2, -0.15) is 0 Å². The van der Waals surface area contributed by atoms with Crippen molar-refractivity contribution < 1.29 is 14.2 Å². The highest BCUT2D eigenvalue weighted by Gasteiger charge is 2.13. The van der Waals surface area contributed by atoms with Crippen molar-refractivity contribution >= 4 is 0 Å². The Hall–Kier alpha value is -0.120. The molecule has 2 aliphatic heterocycles. The summed E-state index contributed by atoms with van der Waals surface area (Å²) >= 11 is 0. The number of ether oxygens (including phenoxy) is 3. The van der Waals surface area contributed by atoms with Crippen LogP contribution in [0.15, 0.2) is 0 Å². The number of rotatable bonds is 0. The van der Waals surface area contributed by atoms with Crippen LogP contribution in [-0.2, 0) is 14.2 Å². The van der Waals surface area contributed by atoms with Crippen LogP contribution >= 0.6 is 0 Å². The monoisotopic (exact) mass is 146 g/mol. The van der Waals surface area contributed by atoms with Crippen molar-refractivity contribution in [3.05, 3.63) is 0 Å². The molecule has 0 amide bonds. The van der Waals surface area contributed by atoms with Gasteiger partial charge in [0.2, 0.25) is 0 Å². The second-order valence-corrected chi connectivity index (χ2v) is 2.37. The maximum absolute atomic E-state index is 4.94. The van der Waals surface area contributed by atoms with Gasteiger partial charge in [-0.1, -0.05) is 0 Å². The predicted molar refractivity (Wildman–Crippen MR) is 37.1 cm³/mol. The molecule has 1 atom stereocenters. The molecular formula is C7H14O3. The summed E-state index contributed by atoms with van der Waals surface area (Å²) in [6, 6.07) is 0. The summed E-state index contributed by atoms with van der Waals surface area (Å²) in [5.74, 6) is 0. The van der Waals surface area contributed by atoms with E-state index in [4.69, 9.17) is 14.2 Å². The maximum Gasteiger partial charge on any atom is 0.0781 e. The molecule has 0 aromatic carbocycles. The van der Waals surface area contributed by atoms with Crippen LogP contribution in [0.3, 0.4) is 0 Å². The summed E-state index contributed by atoms with van der Waals surface area (Å²) in [7, 11) is 0. The van der Waals surface area contributed by atoms with Crippen molar-refractivity contribution in [2.75, 3.05) is 33.0 Å². The first-order valence-electron chi connectivity index (χ1n) is 3.66. The van der Waals surface area contributed by atoms with E-state index in [1.807, 2.05) is 0 Å². The molecule has 3 heteroatoms. The minimum atomic E-state index is 0.583. The van der Waals surface area contributed by atoms with Crippen LogP contribution in [0.2, 0.25) is 0 Å². The Morgan fingerprint density at radius 3 is 1.40 bits per heavy atom. The van der Waals surface area contributed by atoms with E-state index in [2.05, 4.69) is 6.92 Å². The Kier molecular flexibility index (Phi) is 3.72. The normalized spacial score (nSPS) is 30.3. The van der Waals surface area contributed by atoms with E-state index in [1.54, 1.807) is 0 Å². The van der Waals surface area contributed by atoms with E-state index in [0.717, 1.165) is 33.0 Å². The van der Waals surface area contributed by atoms with Gasteiger partial charge in [0.25, 0.3) is 0 Å². The molecule has 10 heavy (non-hydrogen) atoms. The second kappa shape index (κ2) is 4.66. The number of epoxide rings is 1. The average Bonchev–Trinajstić information content (AvgIpc) is 2.77. The molecule has 2 heterocycles. The van der Waals surface area contributed by atoms with Gasteiger partial charge in [-0.15, -0.1) is 0 Å². The Morgan fingerprint density at radius 2 is 1.30 bits per heavy atom. The topological polar surface area (TPSA) is 31.0 Å². The summed E-state index contributed by atoms with van der Waals surface area (Å²) < 4.78 is 14.6. The van der Waals surface area contributed by atoms with E-state index in [-0.39, 0.29) is 0 Å². The van der Waals surface area contributed by atoms with Crippen LogP contribution in [0.25, 0.3) is 0 Å². The van der Waals surface area contributed by atoms with Crippen molar-refractivity contribution in [1.82, 2.24) is 0 Å². The van der Waals surface area contributed by atoms with Crippen molar-refractivity contribution in [3.63, 3.8) is 0 Å². The second-order valence-electron chi connectivity index (χ2n) is 2.37. The van der Waals surface area contributed by atoms with Gasteiger partial charge >= 0.3 is 0 Å². The number of hydrogen-bond acceptors (Lipinski definition) is 3. The van der Waals surface area contributed by atoms with Crippen molar-refractivity contribution in [2.24, 2.45) is 0 Å². The molecule has 0 N–H and O–H groups in total. The third-order valence-corrected chi connectivity index (χ3v) is 1.24. The minimum absolute atomic E-state index is 0.583. The lowest BCUT2D eigenvalue weighted by molar-refractivity contribution is -0.0334. The number of hydrogen-bond donors (Lipinski definition) is 0. The molecule has 2 rings (SSSR count). The highest BCUT2D eigenvalue weighted by atomic mass is 16.6. The molecule has 0 spiro atoms. The molecule has 0 aromatic rings. The molecule has 0 saturated carbocycles. The molecule has 1 unspecified atom stereocenters. The molecule has 0 aromatic heterocycles. The largest absolute Gasteiger partial charge is 0.377 e. The summed E-state index contributed by atoms with van der Waals surface area (Å²) in [5, 5.41) is 0. The van der Waals surface area contributed by atoms with Crippen LogP contribution in [-0.4, -0.2) is 39.1 Å². The van der Waals surface area contributed by atoms with Gasteiger partial charge in [0, 0.05) is 0 Å². The van der Waals surface area contributed by atoms with Crippen LogP contribution < -0.4 is 0 Å². The van der Waals surface area contributed by atoms with E-state index < -0.39 is 0 Å². The summed E-state index contributed by atoms with van der Waals surface area (Å²) in [4.78, 5) is 0. The standard InChI is InChI=1S/C4H8O2.C3H6O/c1-2-6-4-3-5-1;1-3-2-4-3/h1-4H2;3H,2H2,1H3. The van der Waals surface area contributed by atoms with Crippen molar-refractivity contribution in [3.8, 4) is 0 Å². The summed E-state index contributed by atoms with van der Waals surface area (Å²) in [6.07, 6.45) is 0.583. The average molecular weight is 146 g/mol. The Labute approximate surface area is 61.3 Å². The maximum atomic E-state index is 4.94. The third-order valence-electron chi connectivity index (χ3n) is 1.24. The minimum Gasteiger partial charge on any atom is -0.377 e. The van der Waals surface area contributed by atoms with Gasteiger partial charge < -0.3 is 14.2 Å². The first-order chi connectivity index (χ1) is 4.89. The highest BCUT2D eigenvalue weighted by molar-refractivity contribution is 4.58. The molecule has 2 aliphatic rings. The fraction of sp³-hybridized carbons (Fsp3) is 1.00. The van der Waals surface area contributed by atoms with Gasteiger partial charge in [-0.25, -0.2) is 0 Å². The van der Waals surface area contributed by atoms with Gasteiger partial charge in [0.1, 0.15) is 0 Å². The highest BCUT2D eigenvalue weighted by Crippen LogP contribution is 2.04.